The zero-order chi connectivity index (χ0) is 16.4. The normalized spacial score (nSPS) is 18.3. The van der Waals surface area contributed by atoms with Crippen LogP contribution < -0.4 is 0 Å². The molecule has 3 heterocycles. The summed E-state index contributed by atoms with van der Waals surface area (Å²) in [6, 6.07) is 4.34. The summed E-state index contributed by atoms with van der Waals surface area (Å²) in [6.07, 6.45) is 3.86. The van der Waals surface area contributed by atoms with Crippen LogP contribution in [0, 0.1) is 5.92 Å². The van der Waals surface area contributed by atoms with E-state index in [0.717, 1.165) is 30.3 Å². The molecule has 2 aromatic rings. The first-order chi connectivity index (χ1) is 11.0. The number of carbonyl (C=O) groups is 1. The molecule has 0 fully saturated rings. The van der Waals surface area contributed by atoms with E-state index in [1.165, 1.54) is 11.3 Å². The molecule has 0 unspecified atom stereocenters. The molecule has 1 amide bonds. The lowest BCUT2D eigenvalue weighted by Crippen LogP contribution is -2.39. The maximum atomic E-state index is 12.8. The first-order valence-electron chi connectivity index (χ1n) is 8.07. The average Bonchev–Trinajstić information content (AvgIpc) is 3.15. The van der Waals surface area contributed by atoms with Crippen LogP contribution >= 0.6 is 11.3 Å². The monoisotopic (exact) mass is 332 g/mol. The van der Waals surface area contributed by atoms with Crippen molar-refractivity contribution in [3.63, 3.8) is 0 Å². The first kappa shape index (κ1) is 16.2. The van der Waals surface area contributed by atoms with Gasteiger partial charge in [0.2, 0.25) is 0 Å². The molecule has 124 valence electrons. The van der Waals surface area contributed by atoms with Crippen molar-refractivity contribution in [2.24, 2.45) is 5.92 Å². The van der Waals surface area contributed by atoms with E-state index in [2.05, 4.69) is 35.3 Å². The van der Waals surface area contributed by atoms with Gasteiger partial charge in [0.15, 0.2) is 0 Å². The largest absolute Gasteiger partial charge is 0.333 e. The Morgan fingerprint density at radius 1 is 1.48 bits per heavy atom. The van der Waals surface area contributed by atoms with Crippen LogP contribution in [0.5, 0.6) is 0 Å². The second-order valence-corrected chi connectivity index (χ2v) is 7.51. The van der Waals surface area contributed by atoms with E-state index < -0.39 is 0 Å². The van der Waals surface area contributed by atoms with Crippen LogP contribution in [0.25, 0.3) is 0 Å². The molecule has 0 saturated heterocycles. The second kappa shape index (κ2) is 6.84. The van der Waals surface area contributed by atoms with Gasteiger partial charge in [-0.1, -0.05) is 6.07 Å². The lowest BCUT2D eigenvalue weighted by Gasteiger charge is -2.29. The van der Waals surface area contributed by atoms with Crippen LogP contribution in [0.2, 0.25) is 0 Å². The molecule has 0 radical (unpaired) electrons. The van der Waals surface area contributed by atoms with Gasteiger partial charge in [0.25, 0.3) is 5.91 Å². The number of hydrogen-bond donors (Lipinski definition) is 0. The number of carbonyl (C=O) groups excluding carboxylic acids is 1. The van der Waals surface area contributed by atoms with Crippen LogP contribution in [0.4, 0.5) is 0 Å². The molecule has 3 rings (SSSR count). The maximum Gasteiger partial charge on any atom is 0.264 e. The Morgan fingerprint density at radius 2 is 2.30 bits per heavy atom. The Morgan fingerprint density at radius 3 is 3.00 bits per heavy atom. The van der Waals surface area contributed by atoms with Crippen molar-refractivity contribution in [1.82, 2.24) is 19.4 Å². The van der Waals surface area contributed by atoms with Crippen molar-refractivity contribution in [3.05, 3.63) is 40.6 Å². The Hall–Kier alpha value is -1.66. The zero-order valence-electron chi connectivity index (χ0n) is 14.0. The number of amides is 1. The van der Waals surface area contributed by atoms with Crippen LogP contribution in [0.1, 0.15) is 29.3 Å². The van der Waals surface area contributed by atoms with Gasteiger partial charge in [0.1, 0.15) is 5.82 Å². The summed E-state index contributed by atoms with van der Waals surface area (Å²) in [5.74, 6) is 1.50. The van der Waals surface area contributed by atoms with Crippen LogP contribution in [0.15, 0.2) is 29.9 Å². The van der Waals surface area contributed by atoms with Crippen molar-refractivity contribution in [3.8, 4) is 0 Å². The standard InChI is InChI=1S/C17H24N4OS/c1-13(2)19(3)9-14-10-20-7-6-18-16(20)12-21(11-14)17(22)15-5-4-8-23-15/h4-8,13-14H,9-12H2,1-3H3/t14-/m0/s1. The first-order valence-corrected chi connectivity index (χ1v) is 8.95. The quantitative estimate of drug-likeness (QED) is 0.864. The minimum atomic E-state index is 0.119. The van der Waals surface area contributed by atoms with Crippen molar-refractivity contribution in [2.75, 3.05) is 20.1 Å². The minimum absolute atomic E-state index is 0.119. The molecule has 1 aliphatic rings. The van der Waals surface area contributed by atoms with E-state index in [1.807, 2.05) is 34.8 Å². The molecule has 0 aromatic carbocycles. The SMILES string of the molecule is CC(C)N(C)C[C@@H]1CN(C(=O)c2cccs2)Cc2nccn2C1. The molecular formula is C17H24N4OS. The van der Waals surface area contributed by atoms with Gasteiger partial charge in [-0.25, -0.2) is 4.98 Å². The molecule has 5 nitrogen and oxygen atoms in total. The van der Waals surface area contributed by atoms with E-state index in [0.29, 0.717) is 18.5 Å². The number of thiophene rings is 1. The maximum absolute atomic E-state index is 12.8. The topological polar surface area (TPSA) is 41.4 Å². The van der Waals surface area contributed by atoms with Crippen LogP contribution in [-0.4, -0.2) is 51.4 Å². The molecule has 2 aromatic heterocycles. The fourth-order valence-electron chi connectivity index (χ4n) is 2.99. The molecule has 0 aliphatic carbocycles. The zero-order valence-corrected chi connectivity index (χ0v) is 14.8. The third kappa shape index (κ3) is 3.64. The molecule has 0 N–H and O–H groups in total. The summed E-state index contributed by atoms with van der Waals surface area (Å²) >= 11 is 1.51. The Labute approximate surface area is 141 Å². The van der Waals surface area contributed by atoms with Crippen molar-refractivity contribution >= 4 is 17.2 Å². The lowest BCUT2D eigenvalue weighted by atomic mass is 10.1. The van der Waals surface area contributed by atoms with Crippen molar-refractivity contribution in [1.29, 1.82) is 0 Å². The van der Waals surface area contributed by atoms with Crippen molar-refractivity contribution in [2.45, 2.75) is 33.0 Å². The van der Waals surface area contributed by atoms with Crippen LogP contribution in [-0.2, 0) is 13.1 Å². The van der Waals surface area contributed by atoms with Gasteiger partial charge in [-0.2, -0.15) is 0 Å². The molecule has 23 heavy (non-hydrogen) atoms. The second-order valence-electron chi connectivity index (χ2n) is 6.56. The number of fused-ring (bicyclic) bond motifs is 1. The number of rotatable bonds is 4. The van der Waals surface area contributed by atoms with Gasteiger partial charge >= 0.3 is 0 Å². The molecule has 1 atom stereocenters. The summed E-state index contributed by atoms with van der Waals surface area (Å²) < 4.78 is 2.19. The highest BCUT2D eigenvalue weighted by Gasteiger charge is 2.27. The fourth-order valence-corrected chi connectivity index (χ4v) is 3.68. The average molecular weight is 332 g/mol. The molecule has 0 bridgehead atoms. The fraction of sp³-hybridized carbons (Fsp3) is 0.529. The Kier molecular flexibility index (Phi) is 4.82. The van der Waals surface area contributed by atoms with Gasteiger partial charge in [-0.15, -0.1) is 11.3 Å². The predicted molar refractivity (Wildman–Crippen MR) is 92.5 cm³/mol. The highest BCUT2D eigenvalue weighted by molar-refractivity contribution is 7.12. The van der Waals surface area contributed by atoms with Gasteiger partial charge in [0.05, 0.1) is 11.4 Å². The minimum Gasteiger partial charge on any atom is -0.333 e. The highest BCUT2D eigenvalue weighted by atomic mass is 32.1. The number of nitrogens with zero attached hydrogens (tertiary/aromatic N) is 4. The summed E-state index contributed by atoms with van der Waals surface area (Å²) in [5.41, 5.74) is 0. The van der Waals surface area contributed by atoms with E-state index in [-0.39, 0.29) is 5.91 Å². The van der Waals surface area contributed by atoms with E-state index in [1.54, 1.807) is 0 Å². The summed E-state index contributed by atoms with van der Waals surface area (Å²) in [6.45, 7) is 7.66. The number of imidazole rings is 1. The van der Waals surface area contributed by atoms with Gasteiger partial charge in [-0.3, -0.25) is 4.79 Å². The molecule has 0 saturated carbocycles. The Bertz CT molecular complexity index is 649. The third-order valence-electron chi connectivity index (χ3n) is 4.51. The summed E-state index contributed by atoms with van der Waals surface area (Å²) in [4.78, 5) is 22.3. The molecule has 6 heteroatoms. The lowest BCUT2D eigenvalue weighted by molar-refractivity contribution is 0.0707. The predicted octanol–water partition coefficient (Wildman–Crippen LogP) is 2.56. The molecule has 1 aliphatic heterocycles. The molecule has 0 spiro atoms. The van der Waals surface area contributed by atoms with Gasteiger partial charge in [0, 0.05) is 44.0 Å². The molecular weight excluding hydrogens is 308 g/mol. The van der Waals surface area contributed by atoms with Gasteiger partial charge < -0.3 is 14.4 Å². The highest BCUT2D eigenvalue weighted by Crippen LogP contribution is 2.20. The smallest absolute Gasteiger partial charge is 0.264 e. The third-order valence-corrected chi connectivity index (χ3v) is 5.37. The van der Waals surface area contributed by atoms with E-state index >= 15 is 0 Å². The number of aromatic nitrogens is 2. The van der Waals surface area contributed by atoms with E-state index in [9.17, 15) is 4.79 Å². The van der Waals surface area contributed by atoms with E-state index in [4.69, 9.17) is 0 Å². The van der Waals surface area contributed by atoms with Gasteiger partial charge in [-0.05, 0) is 32.3 Å². The Balaban J connectivity index is 1.81. The van der Waals surface area contributed by atoms with Crippen molar-refractivity contribution < 1.29 is 4.79 Å². The number of hydrogen-bond acceptors (Lipinski definition) is 4. The summed E-state index contributed by atoms with van der Waals surface area (Å²) in [7, 11) is 2.15. The van der Waals surface area contributed by atoms with Crippen LogP contribution in [0.3, 0.4) is 0 Å². The summed E-state index contributed by atoms with van der Waals surface area (Å²) in [5, 5.41) is 1.95.